The first kappa shape index (κ1) is 22.9. The van der Waals surface area contributed by atoms with Crippen molar-refractivity contribution in [3.8, 4) is 5.75 Å². The van der Waals surface area contributed by atoms with Gasteiger partial charge in [-0.15, -0.1) is 0 Å². The molecule has 1 aliphatic heterocycles. The molecule has 5 rings (SSSR count). The molecule has 0 spiro atoms. The molecular formula is C27H29N5O3. The molecule has 0 saturated carbocycles. The Morgan fingerprint density at radius 3 is 2.57 bits per heavy atom. The van der Waals surface area contributed by atoms with Crippen LogP contribution in [0.3, 0.4) is 0 Å². The zero-order valence-electron chi connectivity index (χ0n) is 19.6. The number of carbonyl (C=O) groups excluding carboxylic acids is 1. The van der Waals surface area contributed by atoms with Gasteiger partial charge in [0.1, 0.15) is 18.1 Å². The van der Waals surface area contributed by atoms with Crippen LogP contribution in [0, 0.1) is 0 Å². The van der Waals surface area contributed by atoms with Crippen molar-refractivity contribution < 1.29 is 13.9 Å². The molecule has 2 aromatic heterocycles. The minimum absolute atomic E-state index is 0.201. The van der Waals surface area contributed by atoms with Gasteiger partial charge in [0.15, 0.2) is 5.76 Å². The Kier molecular flexibility index (Phi) is 7.19. The Morgan fingerprint density at radius 1 is 0.943 bits per heavy atom. The largest absolute Gasteiger partial charge is 0.486 e. The molecule has 1 saturated heterocycles. The number of furan rings is 1. The lowest BCUT2D eigenvalue weighted by Crippen LogP contribution is -2.47. The topological polar surface area (TPSA) is 83.7 Å². The van der Waals surface area contributed by atoms with Crippen LogP contribution in [-0.2, 0) is 6.61 Å². The van der Waals surface area contributed by atoms with E-state index >= 15 is 0 Å². The molecule has 4 aromatic rings. The number of ether oxygens (including phenoxy) is 1. The van der Waals surface area contributed by atoms with Crippen LogP contribution in [-0.4, -0.2) is 60.0 Å². The maximum atomic E-state index is 12.4. The van der Waals surface area contributed by atoms with E-state index in [1.54, 1.807) is 24.5 Å². The fraction of sp³-hybridized carbons (Fsp3) is 0.296. The van der Waals surface area contributed by atoms with E-state index in [1.165, 1.54) is 5.39 Å². The second kappa shape index (κ2) is 11.0. The molecule has 0 unspecified atom stereocenters. The minimum atomic E-state index is -0.201. The summed E-state index contributed by atoms with van der Waals surface area (Å²) in [6, 6.07) is 19.4. The number of benzene rings is 2. The van der Waals surface area contributed by atoms with Gasteiger partial charge in [0.25, 0.3) is 5.91 Å². The quantitative estimate of drug-likeness (QED) is 0.372. The molecule has 0 aliphatic carbocycles. The van der Waals surface area contributed by atoms with Crippen LogP contribution in [0.25, 0.3) is 10.8 Å². The van der Waals surface area contributed by atoms with Crippen molar-refractivity contribution in [2.24, 2.45) is 0 Å². The van der Waals surface area contributed by atoms with Crippen molar-refractivity contribution in [3.05, 3.63) is 84.6 Å². The fourth-order valence-electron chi connectivity index (χ4n) is 4.21. The van der Waals surface area contributed by atoms with E-state index in [4.69, 9.17) is 9.15 Å². The second-order valence-corrected chi connectivity index (χ2v) is 8.55. The number of rotatable bonds is 9. The van der Waals surface area contributed by atoms with Crippen molar-refractivity contribution in [2.75, 3.05) is 44.2 Å². The number of aromatic nitrogens is 2. The first-order valence-electron chi connectivity index (χ1n) is 12.0. The van der Waals surface area contributed by atoms with Gasteiger partial charge in [-0.05, 0) is 54.1 Å². The van der Waals surface area contributed by atoms with Gasteiger partial charge in [0, 0.05) is 45.1 Å². The summed E-state index contributed by atoms with van der Waals surface area (Å²) in [5, 5.41) is 5.24. The average Bonchev–Trinajstić information content (AvgIpc) is 3.40. The Morgan fingerprint density at radius 2 is 1.74 bits per heavy atom. The number of carbonyl (C=O) groups is 1. The molecule has 35 heavy (non-hydrogen) atoms. The number of hydrogen-bond donors (Lipinski definition) is 1. The van der Waals surface area contributed by atoms with Crippen LogP contribution in [0.5, 0.6) is 5.75 Å². The zero-order chi connectivity index (χ0) is 23.9. The Labute approximate surface area is 204 Å². The average molecular weight is 472 g/mol. The Hall–Kier alpha value is -3.91. The number of hydrogen-bond acceptors (Lipinski definition) is 7. The monoisotopic (exact) mass is 471 g/mol. The Balaban J connectivity index is 1.01. The molecule has 1 fully saturated rings. The molecule has 0 radical (unpaired) electrons. The van der Waals surface area contributed by atoms with Gasteiger partial charge in [-0.1, -0.05) is 30.3 Å². The van der Waals surface area contributed by atoms with Crippen molar-refractivity contribution in [1.29, 1.82) is 0 Å². The molecule has 3 heterocycles. The number of piperazine rings is 1. The summed E-state index contributed by atoms with van der Waals surface area (Å²) >= 11 is 0. The van der Waals surface area contributed by atoms with Gasteiger partial charge in [0.05, 0.1) is 0 Å². The van der Waals surface area contributed by atoms with Gasteiger partial charge in [0.2, 0.25) is 5.95 Å². The molecule has 0 bridgehead atoms. The highest BCUT2D eigenvalue weighted by molar-refractivity contribution is 5.91. The van der Waals surface area contributed by atoms with Crippen molar-refractivity contribution >= 4 is 22.6 Å². The van der Waals surface area contributed by atoms with Crippen LogP contribution in [0.1, 0.15) is 22.7 Å². The SMILES string of the molecule is O=C(NCCCN1CCN(c2ncccn2)CC1)c1ccc(COc2ccc3ccccc3c2)o1. The third kappa shape index (κ3) is 5.96. The van der Waals surface area contributed by atoms with Crippen molar-refractivity contribution in [1.82, 2.24) is 20.2 Å². The van der Waals surface area contributed by atoms with E-state index in [1.807, 2.05) is 36.4 Å². The first-order valence-corrected chi connectivity index (χ1v) is 12.0. The van der Waals surface area contributed by atoms with E-state index in [2.05, 4.69) is 37.2 Å². The summed E-state index contributed by atoms with van der Waals surface area (Å²) in [6.07, 6.45) is 4.43. The lowest BCUT2D eigenvalue weighted by atomic mass is 10.1. The summed E-state index contributed by atoms with van der Waals surface area (Å²) in [5.41, 5.74) is 0. The third-order valence-corrected chi connectivity index (χ3v) is 6.13. The molecule has 1 aliphatic rings. The second-order valence-electron chi connectivity index (χ2n) is 8.55. The van der Waals surface area contributed by atoms with Crippen molar-refractivity contribution in [3.63, 3.8) is 0 Å². The standard InChI is InChI=1S/C27H29N5O3/c33-26(28-13-4-14-31-15-17-32(18-16-31)27-29-11-3-12-30-27)25-10-9-24(35-25)20-34-23-8-7-21-5-1-2-6-22(21)19-23/h1-3,5-12,19H,4,13-18,20H2,(H,28,33). The molecular weight excluding hydrogens is 442 g/mol. The maximum absolute atomic E-state index is 12.4. The number of anilines is 1. The van der Waals surface area contributed by atoms with Crippen molar-refractivity contribution in [2.45, 2.75) is 13.0 Å². The lowest BCUT2D eigenvalue weighted by molar-refractivity contribution is 0.0919. The molecule has 0 atom stereocenters. The molecule has 8 heteroatoms. The van der Waals surface area contributed by atoms with Gasteiger partial charge in [-0.2, -0.15) is 0 Å². The van der Waals surface area contributed by atoms with Crippen LogP contribution in [0.2, 0.25) is 0 Å². The number of amides is 1. The predicted molar refractivity (Wildman–Crippen MR) is 135 cm³/mol. The normalized spacial score (nSPS) is 14.2. The predicted octanol–water partition coefficient (Wildman–Crippen LogP) is 3.74. The number of nitrogens with one attached hydrogen (secondary N) is 1. The summed E-state index contributed by atoms with van der Waals surface area (Å²) < 4.78 is 11.5. The highest BCUT2D eigenvalue weighted by Crippen LogP contribution is 2.22. The molecule has 8 nitrogen and oxygen atoms in total. The smallest absolute Gasteiger partial charge is 0.286 e. The summed E-state index contributed by atoms with van der Waals surface area (Å²) in [7, 11) is 0. The third-order valence-electron chi connectivity index (χ3n) is 6.13. The summed E-state index contributed by atoms with van der Waals surface area (Å²) in [4.78, 5) is 25.7. The minimum Gasteiger partial charge on any atom is -0.486 e. The summed E-state index contributed by atoms with van der Waals surface area (Å²) in [5.74, 6) is 2.28. The highest BCUT2D eigenvalue weighted by atomic mass is 16.5. The molecule has 1 N–H and O–H groups in total. The van der Waals surface area contributed by atoms with E-state index in [0.717, 1.165) is 56.2 Å². The van der Waals surface area contributed by atoms with Crippen LogP contribution >= 0.6 is 0 Å². The van der Waals surface area contributed by atoms with Crippen LogP contribution < -0.4 is 15.0 Å². The summed E-state index contributed by atoms with van der Waals surface area (Å²) in [6.45, 7) is 5.55. The van der Waals surface area contributed by atoms with Gasteiger partial charge >= 0.3 is 0 Å². The fourth-order valence-corrected chi connectivity index (χ4v) is 4.21. The van der Waals surface area contributed by atoms with E-state index in [-0.39, 0.29) is 12.5 Å². The molecule has 2 aromatic carbocycles. The van der Waals surface area contributed by atoms with Gasteiger partial charge < -0.3 is 19.4 Å². The maximum Gasteiger partial charge on any atom is 0.286 e. The van der Waals surface area contributed by atoms with E-state index in [9.17, 15) is 4.79 Å². The molecule has 1 amide bonds. The van der Waals surface area contributed by atoms with Crippen LogP contribution in [0.4, 0.5) is 5.95 Å². The van der Waals surface area contributed by atoms with Crippen LogP contribution in [0.15, 0.2) is 77.5 Å². The lowest BCUT2D eigenvalue weighted by Gasteiger charge is -2.34. The van der Waals surface area contributed by atoms with Gasteiger partial charge in [-0.25, -0.2) is 9.97 Å². The first-order chi connectivity index (χ1) is 17.2. The van der Waals surface area contributed by atoms with E-state index < -0.39 is 0 Å². The highest BCUT2D eigenvalue weighted by Gasteiger charge is 2.18. The van der Waals surface area contributed by atoms with Gasteiger partial charge in [-0.3, -0.25) is 9.69 Å². The number of fused-ring (bicyclic) bond motifs is 1. The molecule has 180 valence electrons. The Bertz CT molecular complexity index is 1250. The zero-order valence-corrected chi connectivity index (χ0v) is 19.6. The number of nitrogens with zero attached hydrogens (tertiary/aromatic N) is 4. The van der Waals surface area contributed by atoms with E-state index in [0.29, 0.717) is 18.1 Å².